The van der Waals surface area contributed by atoms with Gasteiger partial charge in [-0.1, -0.05) is 46.4 Å². The monoisotopic (exact) mass is 296 g/mol. The van der Waals surface area contributed by atoms with Crippen LogP contribution >= 0.6 is 46.4 Å². The van der Waals surface area contributed by atoms with E-state index in [1.54, 1.807) is 0 Å². The quantitative estimate of drug-likeness (QED) is 0.679. The summed E-state index contributed by atoms with van der Waals surface area (Å²) in [4.78, 5) is 0. The highest BCUT2D eigenvalue weighted by molar-refractivity contribution is 6.74. The van der Waals surface area contributed by atoms with Crippen LogP contribution in [0.5, 0.6) is 0 Å². The van der Waals surface area contributed by atoms with Gasteiger partial charge in [0.1, 0.15) is 8.98 Å². The normalized spacial score (nSPS) is 10.5. The van der Waals surface area contributed by atoms with Gasteiger partial charge in [0.25, 0.3) is 0 Å². The van der Waals surface area contributed by atoms with Crippen molar-refractivity contribution >= 4 is 55.4 Å². The molecule has 0 amide bonds. The van der Waals surface area contributed by atoms with Crippen LogP contribution in [0.25, 0.3) is 8.98 Å². The van der Waals surface area contributed by atoms with E-state index in [0.29, 0.717) is 0 Å². The molecule has 0 aliphatic rings. The van der Waals surface area contributed by atoms with Crippen molar-refractivity contribution < 1.29 is 0 Å². The molecule has 16 heavy (non-hydrogen) atoms. The van der Waals surface area contributed by atoms with Gasteiger partial charge in [0, 0.05) is 10.4 Å². The molecule has 0 nitrogen and oxygen atoms in total. The van der Waals surface area contributed by atoms with Crippen LogP contribution in [0.4, 0.5) is 0 Å². The predicted molar refractivity (Wildman–Crippen MR) is 74.9 cm³/mol. The fourth-order valence-electron chi connectivity index (χ4n) is 1.88. The molecule has 0 bridgehead atoms. The molecule has 0 radical (unpaired) electrons. The molecule has 0 spiro atoms. The van der Waals surface area contributed by atoms with Crippen molar-refractivity contribution in [1.82, 2.24) is 0 Å². The molecule has 0 N–H and O–H groups in total. The highest BCUT2D eigenvalue weighted by Crippen LogP contribution is 2.15. The summed E-state index contributed by atoms with van der Waals surface area (Å²) in [5.74, 6) is 0. The summed E-state index contributed by atoms with van der Waals surface area (Å²) >= 11 is 23.6. The Labute approximate surface area is 115 Å². The van der Waals surface area contributed by atoms with Crippen LogP contribution in [0.15, 0.2) is 0 Å². The average Bonchev–Trinajstić information content (AvgIpc) is 2.14. The summed E-state index contributed by atoms with van der Waals surface area (Å²) in [5, 5.41) is 1.74. The van der Waals surface area contributed by atoms with E-state index >= 15 is 0 Å². The molecule has 1 aromatic rings. The maximum Gasteiger partial charge on any atom is 0.114 e. The van der Waals surface area contributed by atoms with Crippen molar-refractivity contribution in [2.45, 2.75) is 27.7 Å². The molecule has 0 aliphatic carbocycles. The van der Waals surface area contributed by atoms with Crippen LogP contribution in [0, 0.1) is 27.7 Å². The summed E-state index contributed by atoms with van der Waals surface area (Å²) in [6.07, 6.45) is 0. The zero-order chi connectivity index (χ0) is 12.6. The van der Waals surface area contributed by atoms with Gasteiger partial charge >= 0.3 is 0 Å². The Kier molecular flexibility index (Phi) is 4.59. The second-order valence-corrected chi connectivity index (χ2v) is 5.67. The summed E-state index contributed by atoms with van der Waals surface area (Å²) in [5.41, 5.74) is 4.04. The van der Waals surface area contributed by atoms with E-state index in [2.05, 4.69) is 0 Å². The van der Waals surface area contributed by atoms with Crippen LogP contribution in [0.3, 0.4) is 0 Å². The molecule has 0 fully saturated rings. The van der Waals surface area contributed by atoms with Crippen molar-refractivity contribution in [3.8, 4) is 0 Å². The third-order valence-corrected chi connectivity index (χ3v) is 3.76. The Balaban J connectivity index is 4.12. The molecule has 1 rings (SSSR count). The van der Waals surface area contributed by atoms with E-state index in [4.69, 9.17) is 46.4 Å². The van der Waals surface area contributed by atoms with Crippen LogP contribution in [-0.4, -0.2) is 0 Å². The van der Waals surface area contributed by atoms with Crippen molar-refractivity contribution in [1.29, 1.82) is 0 Å². The van der Waals surface area contributed by atoms with Gasteiger partial charge in [0.05, 0.1) is 0 Å². The lowest BCUT2D eigenvalue weighted by Crippen LogP contribution is -2.25. The Morgan fingerprint density at radius 2 is 0.750 bits per heavy atom. The fourth-order valence-corrected chi connectivity index (χ4v) is 3.01. The van der Waals surface area contributed by atoms with Crippen molar-refractivity contribution in [2.75, 3.05) is 0 Å². The minimum absolute atomic E-state index is 0.276. The summed E-state index contributed by atoms with van der Waals surface area (Å²) in [7, 11) is 0. The smallest absolute Gasteiger partial charge is 0.0702 e. The van der Waals surface area contributed by atoms with Gasteiger partial charge in [0.2, 0.25) is 0 Å². The molecule has 0 saturated heterocycles. The van der Waals surface area contributed by atoms with Gasteiger partial charge in [-0.15, -0.1) is 0 Å². The molecule has 0 saturated carbocycles. The first-order valence-electron chi connectivity index (χ1n) is 4.76. The first-order chi connectivity index (χ1) is 7.29. The van der Waals surface area contributed by atoms with Crippen molar-refractivity contribution in [3.63, 3.8) is 0 Å². The lowest BCUT2D eigenvalue weighted by atomic mass is 9.96. The van der Waals surface area contributed by atoms with Gasteiger partial charge < -0.3 is 0 Å². The summed E-state index contributed by atoms with van der Waals surface area (Å²) in [6, 6.07) is 0. The Morgan fingerprint density at radius 1 is 0.562 bits per heavy atom. The summed E-state index contributed by atoms with van der Waals surface area (Å²) < 4.78 is 0.553. The van der Waals surface area contributed by atoms with Gasteiger partial charge in [-0.2, -0.15) is 0 Å². The van der Waals surface area contributed by atoms with Gasteiger partial charge in [-0.25, -0.2) is 0 Å². The van der Waals surface area contributed by atoms with E-state index in [1.807, 2.05) is 27.7 Å². The molecule has 0 atom stereocenters. The second kappa shape index (κ2) is 5.18. The average molecular weight is 298 g/mol. The molecular formula is C12H12Cl4. The van der Waals surface area contributed by atoms with E-state index in [9.17, 15) is 0 Å². The van der Waals surface area contributed by atoms with E-state index in [0.717, 1.165) is 32.7 Å². The summed E-state index contributed by atoms with van der Waals surface area (Å²) in [6.45, 7) is 7.84. The van der Waals surface area contributed by atoms with E-state index in [-0.39, 0.29) is 8.98 Å². The third kappa shape index (κ3) is 2.36. The van der Waals surface area contributed by atoms with Gasteiger partial charge in [-0.05, 0) is 49.9 Å². The van der Waals surface area contributed by atoms with Crippen LogP contribution in [0.2, 0.25) is 0 Å². The molecule has 4 heteroatoms. The largest absolute Gasteiger partial charge is 0.114 e. The molecule has 88 valence electrons. The molecule has 0 aromatic heterocycles. The topological polar surface area (TPSA) is 0 Å². The first kappa shape index (κ1) is 14.2. The van der Waals surface area contributed by atoms with Crippen molar-refractivity contribution in [2.24, 2.45) is 0 Å². The van der Waals surface area contributed by atoms with E-state index in [1.165, 1.54) is 0 Å². The fraction of sp³-hybridized carbons (Fsp3) is 0.333. The number of hydrogen-bond donors (Lipinski definition) is 0. The lowest BCUT2D eigenvalue weighted by Gasteiger charge is -2.11. The number of benzene rings is 1. The maximum absolute atomic E-state index is 5.90. The van der Waals surface area contributed by atoms with Gasteiger partial charge in [-0.3, -0.25) is 0 Å². The minimum Gasteiger partial charge on any atom is -0.0702 e. The maximum atomic E-state index is 5.90. The second-order valence-electron chi connectivity index (χ2n) is 3.77. The third-order valence-electron chi connectivity index (χ3n) is 3.00. The minimum atomic E-state index is 0.276. The van der Waals surface area contributed by atoms with Gasteiger partial charge in [0.15, 0.2) is 0 Å². The first-order valence-corrected chi connectivity index (χ1v) is 6.27. The Hall–Kier alpha value is 0.120. The molecule has 0 aliphatic heterocycles. The van der Waals surface area contributed by atoms with Crippen LogP contribution in [-0.2, 0) is 0 Å². The number of rotatable bonds is 0. The molecule has 0 heterocycles. The number of halogens is 4. The van der Waals surface area contributed by atoms with Crippen LogP contribution < -0.4 is 10.4 Å². The Morgan fingerprint density at radius 3 is 0.875 bits per heavy atom. The molecular weight excluding hydrogens is 286 g/mol. The molecule has 0 unspecified atom stereocenters. The Bertz CT molecular complexity index is 461. The number of hydrogen-bond acceptors (Lipinski definition) is 0. The van der Waals surface area contributed by atoms with E-state index < -0.39 is 0 Å². The SMILES string of the molecule is Cc1c(C)c(=C(Cl)Cl)c(C)c(C)c1=C(Cl)Cl. The highest BCUT2D eigenvalue weighted by Gasteiger charge is 2.10. The lowest BCUT2D eigenvalue weighted by molar-refractivity contribution is 1.17. The standard InChI is InChI=1S/C12H12Cl4/c1-5-6(2)10(12(15)16)8(4)7(3)9(5)11(13)14/h1-4H3. The van der Waals surface area contributed by atoms with Crippen LogP contribution in [0.1, 0.15) is 22.3 Å². The predicted octanol–water partition coefficient (Wildman–Crippen LogP) is 4.01. The zero-order valence-electron chi connectivity index (χ0n) is 9.51. The molecule has 1 aromatic carbocycles. The highest BCUT2D eigenvalue weighted by atomic mass is 35.5. The zero-order valence-corrected chi connectivity index (χ0v) is 12.5. The van der Waals surface area contributed by atoms with Crippen molar-refractivity contribution in [3.05, 3.63) is 32.7 Å².